The number of nitrogens with two attached hydrogens (primary N) is 1. The number of benzene rings is 1. The van der Waals surface area contributed by atoms with Crippen LogP contribution in [0.2, 0.25) is 0 Å². The monoisotopic (exact) mass is 250 g/mol. The SMILES string of the molecule is Nc1ncnnc1-c1cccc(Br)c1. The Balaban J connectivity index is 2.55. The summed E-state index contributed by atoms with van der Waals surface area (Å²) in [6.07, 6.45) is 1.33. The van der Waals surface area contributed by atoms with Crippen molar-refractivity contribution in [2.45, 2.75) is 0 Å². The average molecular weight is 251 g/mol. The molecule has 1 aromatic heterocycles. The maximum atomic E-state index is 5.67. The molecule has 0 aliphatic heterocycles. The van der Waals surface area contributed by atoms with Crippen LogP contribution in [0.4, 0.5) is 5.82 Å². The number of rotatable bonds is 1. The van der Waals surface area contributed by atoms with Gasteiger partial charge < -0.3 is 5.73 Å². The number of aromatic nitrogens is 3. The summed E-state index contributed by atoms with van der Waals surface area (Å²) in [5.74, 6) is 0.387. The Bertz CT molecular complexity index is 458. The highest BCUT2D eigenvalue weighted by molar-refractivity contribution is 9.10. The molecule has 0 fully saturated rings. The fourth-order valence-electron chi connectivity index (χ4n) is 1.13. The van der Waals surface area contributed by atoms with Crippen LogP contribution in [0.15, 0.2) is 35.1 Å². The third-order valence-electron chi connectivity index (χ3n) is 1.75. The van der Waals surface area contributed by atoms with E-state index < -0.39 is 0 Å². The van der Waals surface area contributed by atoms with Crippen LogP contribution in [0, 0.1) is 0 Å². The minimum absolute atomic E-state index is 0.387. The normalized spacial score (nSPS) is 10.1. The number of hydrogen-bond donors (Lipinski definition) is 1. The van der Waals surface area contributed by atoms with E-state index >= 15 is 0 Å². The Morgan fingerprint density at radius 3 is 2.86 bits per heavy atom. The largest absolute Gasteiger partial charge is 0.382 e. The van der Waals surface area contributed by atoms with Gasteiger partial charge in [0.1, 0.15) is 12.0 Å². The van der Waals surface area contributed by atoms with Gasteiger partial charge in [-0.1, -0.05) is 28.1 Å². The molecule has 0 aliphatic carbocycles. The van der Waals surface area contributed by atoms with Crippen molar-refractivity contribution in [3.63, 3.8) is 0 Å². The molecule has 0 radical (unpaired) electrons. The maximum Gasteiger partial charge on any atom is 0.153 e. The molecular weight excluding hydrogens is 244 g/mol. The Kier molecular flexibility index (Phi) is 2.41. The van der Waals surface area contributed by atoms with E-state index in [0.29, 0.717) is 11.5 Å². The van der Waals surface area contributed by atoms with Crippen LogP contribution in [0.3, 0.4) is 0 Å². The minimum atomic E-state index is 0.387. The Labute approximate surface area is 89.3 Å². The lowest BCUT2D eigenvalue weighted by Gasteiger charge is -2.01. The van der Waals surface area contributed by atoms with Crippen molar-refractivity contribution in [2.75, 3.05) is 5.73 Å². The van der Waals surface area contributed by atoms with Crippen LogP contribution in [0.1, 0.15) is 0 Å². The molecule has 0 saturated carbocycles. The molecule has 0 amide bonds. The molecule has 1 heterocycles. The lowest BCUT2D eigenvalue weighted by atomic mass is 10.1. The zero-order valence-corrected chi connectivity index (χ0v) is 8.77. The number of halogens is 1. The highest BCUT2D eigenvalue weighted by Gasteiger charge is 2.04. The Morgan fingerprint density at radius 1 is 1.29 bits per heavy atom. The van der Waals surface area contributed by atoms with E-state index in [1.54, 1.807) is 0 Å². The second kappa shape index (κ2) is 3.71. The van der Waals surface area contributed by atoms with E-state index in [1.165, 1.54) is 6.33 Å². The molecule has 0 atom stereocenters. The standard InChI is InChI=1S/C9H7BrN4/c10-7-3-1-2-6(4-7)8-9(11)12-5-13-14-8/h1-5H,(H2,11,12,13). The van der Waals surface area contributed by atoms with E-state index in [9.17, 15) is 0 Å². The summed E-state index contributed by atoms with van der Waals surface area (Å²) in [7, 11) is 0. The van der Waals surface area contributed by atoms with Crippen molar-refractivity contribution in [3.8, 4) is 11.3 Å². The highest BCUT2D eigenvalue weighted by Crippen LogP contribution is 2.23. The van der Waals surface area contributed by atoms with E-state index in [0.717, 1.165) is 10.0 Å². The summed E-state index contributed by atoms with van der Waals surface area (Å²) in [5.41, 5.74) is 7.18. The summed E-state index contributed by atoms with van der Waals surface area (Å²) >= 11 is 3.37. The zero-order chi connectivity index (χ0) is 9.97. The fourth-order valence-corrected chi connectivity index (χ4v) is 1.52. The number of anilines is 1. The molecule has 2 aromatic rings. The highest BCUT2D eigenvalue weighted by atomic mass is 79.9. The van der Waals surface area contributed by atoms with Gasteiger partial charge >= 0.3 is 0 Å². The molecule has 1 aromatic carbocycles. The first kappa shape index (κ1) is 9.08. The van der Waals surface area contributed by atoms with Crippen LogP contribution < -0.4 is 5.73 Å². The van der Waals surface area contributed by atoms with Gasteiger partial charge in [0, 0.05) is 10.0 Å². The van der Waals surface area contributed by atoms with Gasteiger partial charge in [-0.05, 0) is 12.1 Å². The van der Waals surface area contributed by atoms with Crippen molar-refractivity contribution >= 4 is 21.7 Å². The van der Waals surface area contributed by atoms with E-state index in [4.69, 9.17) is 5.73 Å². The van der Waals surface area contributed by atoms with Crippen molar-refractivity contribution in [3.05, 3.63) is 35.1 Å². The smallest absolute Gasteiger partial charge is 0.153 e. The van der Waals surface area contributed by atoms with Crippen LogP contribution in [-0.2, 0) is 0 Å². The van der Waals surface area contributed by atoms with Crippen LogP contribution in [0.5, 0.6) is 0 Å². The van der Waals surface area contributed by atoms with Crippen LogP contribution >= 0.6 is 15.9 Å². The van der Waals surface area contributed by atoms with Gasteiger partial charge in [-0.2, -0.15) is 0 Å². The molecule has 70 valence electrons. The van der Waals surface area contributed by atoms with Gasteiger partial charge in [-0.25, -0.2) is 4.98 Å². The predicted molar refractivity (Wildman–Crippen MR) is 57.4 cm³/mol. The molecular formula is C9H7BrN4. The molecule has 2 rings (SSSR count). The van der Waals surface area contributed by atoms with Gasteiger partial charge in [-0.15, -0.1) is 10.2 Å². The average Bonchev–Trinajstić information content (AvgIpc) is 2.18. The van der Waals surface area contributed by atoms with Crippen LogP contribution in [-0.4, -0.2) is 15.2 Å². The van der Waals surface area contributed by atoms with E-state index in [1.807, 2.05) is 24.3 Å². The topological polar surface area (TPSA) is 64.7 Å². The minimum Gasteiger partial charge on any atom is -0.382 e. The Hall–Kier alpha value is -1.49. The predicted octanol–water partition coefficient (Wildman–Crippen LogP) is 1.88. The summed E-state index contributed by atoms with van der Waals surface area (Å²) in [6.45, 7) is 0. The first-order valence-electron chi connectivity index (χ1n) is 3.96. The molecule has 0 bridgehead atoms. The molecule has 0 unspecified atom stereocenters. The molecule has 0 spiro atoms. The van der Waals surface area contributed by atoms with Gasteiger partial charge in [0.25, 0.3) is 0 Å². The lowest BCUT2D eigenvalue weighted by Crippen LogP contribution is -1.98. The molecule has 0 saturated heterocycles. The van der Waals surface area contributed by atoms with Crippen molar-refractivity contribution in [1.82, 2.24) is 15.2 Å². The molecule has 0 aliphatic rings. The maximum absolute atomic E-state index is 5.67. The molecule has 4 nitrogen and oxygen atoms in total. The first-order valence-corrected chi connectivity index (χ1v) is 4.76. The van der Waals surface area contributed by atoms with E-state index in [2.05, 4.69) is 31.1 Å². The van der Waals surface area contributed by atoms with Gasteiger partial charge in [0.15, 0.2) is 5.82 Å². The third-order valence-corrected chi connectivity index (χ3v) is 2.24. The molecule has 5 heteroatoms. The zero-order valence-electron chi connectivity index (χ0n) is 7.18. The molecule has 2 N–H and O–H groups in total. The summed E-state index contributed by atoms with van der Waals surface area (Å²) in [4.78, 5) is 3.87. The van der Waals surface area contributed by atoms with Gasteiger partial charge in [-0.3, -0.25) is 0 Å². The lowest BCUT2D eigenvalue weighted by molar-refractivity contribution is 0.983. The van der Waals surface area contributed by atoms with Crippen LogP contribution in [0.25, 0.3) is 11.3 Å². The first-order chi connectivity index (χ1) is 6.77. The summed E-state index contributed by atoms with van der Waals surface area (Å²) < 4.78 is 0.972. The van der Waals surface area contributed by atoms with Crippen molar-refractivity contribution in [1.29, 1.82) is 0 Å². The Morgan fingerprint density at radius 2 is 2.14 bits per heavy atom. The fraction of sp³-hybridized carbons (Fsp3) is 0. The second-order valence-corrected chi connectivity index (χ2v) is 3.62. The van der Waals surface area contributed by atoms with Crippen molar-refractivity contribution < 1.29 is 0 Å². The summed E-state index contributed by atoms with van der Waals surface area (Å²) in [5, 5.41) is 7.63. The van der Waals surface area contributed by atoms with E-state index in [-0.39, 0.29) is 0 Å². The summed E-state index contributed by atoms with van der Waals surface area (Å²) in [6, 6.07) is 7.67. The number of hydrogen-bond acceptors (Lipinski definition) is 4. The van der Waals surface area contributed by atoms with Gasteiger partial charge in [0.05, 0.1) is 0 Å². The number of nitrogen functional groups attached to an aromatic ring is 1. The quantitative estimate of drug-likeness (QED) is 0.840. The van der Waals surface area contributed by atoms with Gasteiger partial charge in [0.2, 0.25) is 0 Å². The van der Waals surface area contributed by atoms with Crippen molar-refractivity contribution in [2.24, 2.45) is 0 Å². The second-order valence-electron chi connectivity index (χ2n) is 2.70. The number of nitrogens with zero attached hydrogens (tertiary/aromatic N) is 3. The third kappa shape index (κ3) is 1.72. The molecule has 14 heavy (non-hydrogen) atoms.